The number of alkyl halides is 1. The molecule has 1 rings (SSSR count). The number of nitrogens with zero attached hydrogens (tertiary/aromatic N) is 1. The molecule has 0 N–H and O–H groups in total. The molecular formula is C10H18BrNOS. The minimum Gasteiger partial charge on any atom is -0.340 e. The summed E-state index contributed by atoms with van der Waals surface area (Å²) in [6, 6.07) is 0. The summed E-state index contributed by atoms with van der Waals surface area (Å²) >= 11 is 5.39. The zero-order valence-electron chi connectivity index (χ0n) is 9.00. The third-order valence-corrected chi connectivity index (χ3v) is 4.62. The highest BCUT2D eigenvalue weighted by molar-refractivity contribution is 9.10. The van der Waals surface area contributed by atoms with Crippen LogP contribution in [0.15, 0.2) is 0 Å². The van der Waals surface area contributed by atoms with Crippen LogP contribution >= 0.6 is 27.7 Å². The average Bonchev–Trinajstić information content (AvgIpc) is 2.14. The molecule has 0 aromatic carbocycles. The minimum atomic E-state index is 0.00463. The lowest BCUT2D eigenvalue weighted by atomic mass is 10.2. The zero-order valence-corrected chi connectivity index (χ0v) is 11.4. The van der Waals surface area contributed by atoms with Gasteiger partial charge in [-0.3, -0.25) is 4.79 Å². The van der Waals surface area contributed by atoms with Crippen LogP contribution in [0.25, 0.3) is 0 Å². The molecule has 0 aromatic heterocycles. The topological polar surface area (TPSA) is 20.3 Å². The quantitative estimate of drug-likeness (QED) is 0.724. The fraction of sp³-hybridized carbons (Fsp3) is 0.900. The van der Waals surface area contributed by atoms with Gasteiger partial charge >= 0.3 is 0 Å². The number of halogens is 1. The Morgan fingerprint density at radius 3 is 2.43 bits per heavy atom. The molecule has 1 aliphatic heterocycles. The zero-order chi connectivity index (χ0) is 10.7. The van der Waals surface area contributed by atoms with Gasteiger partial charge in [-0.05, 0) is 6.42 Å². The summed E-state index contributed by atoms with van der Waals surface area (Å²) in [6.07, 6.45) is 0.866. The first kappa shape index (κ1) is 12.4. The largest absolute Gasteiger partial charge is 0.340 e. The Bertz CT molecular complexity index is 202. The van der Waals surface area contributed by atoms with Crippen LogP contribution in [0.1, 0.15) is 27.2 Å². The molecule has 1 aliphatic rings. The van der Waals surface area contributed by atoms with E-state index in [1.54, 1.807) is 0 Å². The van der Waals surface area contributed by atoms with Crippen LogP contribution in [0.3, 0.4) is 0 Å². The van der Waals surface area contributed by atoms with Gasteiger partial charge in [-0.15, -0.1) is 0 Å². The Hall–Kier alpha value is 0.300. The summed E-state index contributed by atoms with van der Waals surface area (Å²) in [5.41, 5.74) is 0. The van der Waals surface area contributed by atoms with Gasteiger partial charge in [0.05, 0.1) is 4.83 Å². The predicted octanol–water partition coefficient (Wildman–Crippen LogP) is 2.51. The molecule has 0 bridgehead atoms. The number of hydrogen-bond donors (Lipinski definition) is 0. The predicted molar refractivity (Wildman–Crippen MR) is 66.1 cm³/mol. The highest BCUT2D eigenvalue weighted by Gasteiger charge is 2.28. The van der Waals surface area contributed by atoms with Gasteiger partial charge in [0.2, 0.25) is 5.91 Å². The van der Waals surface area contributed by atoms with E-state index in [0.717, 1.165) is 19.5 Å². The summed E-state index contributed by atoms with van der Waals surface area (Å²) in [7, 11) is 0. The van der Waals surface area contributed by atoms with Gasteiger partial charge in [-0.1, -0.05) is 36.7 Å². The lowest BCUT2D eigenvalue weighted by Gasteiger charge is -2.35. The van der Waals surface area contributed by atoms with Gasteiger partial charge in [-0.25, -0.2) is 0 Å². The maximum atomic E-state index is 11.9. The monoisotopic (exact) mass is 279 g/mol. The molecule has 0 aliphatic carbocycles. The van der Waals surface area contributed by atoms with Crippen molar-refractivity contribution in [2.24, 2.45) is 0 Å². The van der Waals surface area contributed by atoms with Gasteiger partial charge in [0.1, 0.15) is 0 Å². The van der Waals surface area contributed by atoms with E-state index in [1.165, 1.54) is 0 Å². The molecule has 1 heterocycles. The van der Waals surface area contributed by atoms with E-state index >= 15 is 0 Å². The van der Waals surface area contributed by atoms with Gasteiger partial charge in [0.25, 0.3) is 0 Å². The van der Waals surface area contributed by atoms with E-state index < -0.39 is 0 Å². The van der Waals surface area contributed by atoms with Crippen molar-refractivity contribution in [2.75, 3.05) is 13.1 Å². The SMILES string of the molecule is CCC(Br)C(=O)N1CC(C)SC(C)C1. The van der Waals surface area contributed by atoms with Crippen LogP contribution < -0.4 is 0 Å². The first-order valence-corrected chi connectivity index (χ1v) is 6.98. The Morgan fingerprint density at radius 2 is 2.00 bits per heavy atom. The van der Waals surface area contributed by atoms with Crippen LogP contribution in [-0.2, 0) is 4.79 Å². The van der Waals surface area contributed by atoms with Gasteiger partial charge in [0.15, 0.2) is 0 Å². The number of thioether (sulfide) groups is 1. The summed E-state index contributed by atoms with van der Waals surface area (Å²) in [5.74, 6) is 0.256. The third kappa shape index (κ3) is 3.16. The lowest BCUT2D eigenvalue weighted by Crippen LogP contribution is -2.46. The van der Waals surface area contributed by atoms with E-state index in [-0.39, 0.29) is 10.7 Å². The Labute approximate surface area is 98.9 Å². The van der Waals surface area contributed by atoms with Gasteiger partial charge < -0.3 is 4.90 Å². The number of hydrogen-bond acceptors (Lipinski definition) is 2. The third-order valence-electron chi connectivity index (χ3n) is 2.36. The van der Waals surface area contributed by atoms with Crippen LogP contribution in [0.5, 0.6) is 0 Å². The van der Waals surface area contributed by atoms with Crippen LogP contribution in [0.2, 0.25) is 0 Å². The van der Waals surface area contributed by atoms with Crippen LogP contribution in [-0.4, -0.2) is 39.2 Å². The van der Waals surface area contributed by atoms with E-state index in [2.05, 4.69) is 29.8 Å². The van der Waals surface area contributed by atoms with Crippen molar-refractivity contribution in [1.82, 2.24) is 4.90 Å². The molecule has 3 unspecified atom stereocenters. The normalized spacial score (nSPS) is 30.1. The van der Waals surface area contributed by atoms with Crippen molar-refractivity contribution in [2.45, 2.75) is 42.5 Å². The number of carbonyl (C=O) groups is 1. The highest BCUT2D eigenvalue weighted by atomic mass is 79.9. The van der Waals surface area contributed by atoms with Crippen molar-refractivity contribution in [3.05, 3.63) is 0 Å². The average molecular weight is 280 g/mol. The van der Waals surface area contributed by atoms with Crippen molar-refractivity contribution in [1.29, 1.82) is 0 Å². The fourth-order valence-corrected chi connectivity index (χ4v) is 3.35. The van der Waals surface area contributed by atoms with Gasteiger partial charge in [0, 0.05) is 23.6 Å². The summed E-state index contributed by atoms with van der Waals surface area (Å²) < 4.78 is 0. The smallest absolute Gasteiger partial charge is 0.236 e. The Morgan fingerprint density at radius 1 is 1.50 bits per heavy atom. The summed E-state index contributed by atoms with van der Waals surface area (Å²) in [5, 5.41) is 1.14. The number of amides is 1. The minimum absolute atomic E-state index is 0.00463. The Kier molecular flexibility index (Phi) is 4.77. The first-order chi connectivity index (χ1) is 6.54. The second-order valence-electron chi connectivity index (χ2n) is 3.88. The maximum Gasteiger partial charge on any atom is 0.236 e. The molecule has 3 atom stereocenters. The number of rotatable bonds is 2. The molecule has 0 saturated carbocycles. The molecule has 1 fully saturated rings. The maximum absolute atomic E-state index is 11.9. The Balaban J connectivity index is 2.54. The summed E-state index contributed by atoms with van der Waals surface area (Å²) in [4.78, 5) is 13.9. The molecule has 0 radical (unpaired) electrons. The lowest BCUT2D eigenvalue weighted by molar-refractivity contribution is -0.130. The molecule has 0 spiro atoms. The van der Waals surface area contributed by atoms with Gasteiger partial charge in [-0.2, -0.15) is 11.8 Å². The molecule has 82 valence electrons. The number of carbonyl (C=O) groups excluding carboxylic acids is 1. The molecule has 14 heavy (non-hydrogen) atoms. The van der Waals surface area contributed by atoms with Crippen molar-refractivity contribution in [3.8, 4) is 0 Å². The van der Waals surface area contributed by atoms with E-state index in [4.69, 9.17) is 0 Å². The molecule has 1 amide bonds. The van der Waals surface area contributed by atoms with E-state index in [9.17, 15) is 4.79 Å². The molecule has 0 aromatic rings. The highest BCUT2D eigenvalue weighted by Crippen LogP contribution is 2.25. The fourth-order valence-electron chi connectivity index (χ4n) is 1.73. The molecule has 2 nitrogen and oxygen atoms in total. The second-order valence-corrected chi connectivity index (χ2v) is 6.86. The molecular weight excluding hydrogens is 262 g/mol. The standard InChI is InChI=1S/C10H18BrNOS/c1-4-9(11)10(13)12-5-7(2)14-8(3)6-12/h7-9H,4-6H2,1-3H3. The van der Waals surface area contributed by atoms with Crippen LogP contribution in [0.4, 0.5) is 0 Å². The van der Waals surface area contributed by atoms with Crippen molar-refractivity contribution in [3.63, 3.8) is 0 Å². The first-order valence-electron chi connectivity index (χ1n) is 5.13. The van der Waals surface area contributed by atoms with Crippen molar-refractivity contribution < 1.29 is 4.79 Å². The van der Waals surface area contributed by atoms with E-state index in [0.29, 0.717) is 10.5 Å². The second kappa shape index (κ2) is 5.40. The molecule has 4 heteroatoms. The van der Waals surface area contributed by atoms with Crippen LogP contribution in [0, 0.1) is 0 Å². The van der Waals surface area contributed by atoms with E-state index in [1.807, 2.05) is 23.6 Å². The summed E-state index contributed by atoms with van der Waals surface area (Å²) in [6.45, 7) is 8.21. The molecule has 1 saturated heterocycles. The van der Waals surface area contributed by atoms with Crippen molar-refractivity contribution >= 4 is 33.6 Å².